The lowest BCUT2D eigenvalue weighted by Gasteiger charge is -2.17. The fourth-order valence-corrected chi connectivity index (χ4v) is 5.59. The van der Waals surface area contributed by atoms with E-state index in [2.05, 4.69) is 5.32 Å². The first-order valence-corrected chi connectivity index (χ1v) is 11.2. The van der Waals surface area contributed by atoms with Gasteiger partial charge in [0.05, 0.1) is 11.3 Å². The van der Waals surface area contributed by atoms with Crippen molar-refractivity contribution in [2.24, 2.45) is 0 Å². The highest BCUT2D eigenvalue weighted by Gasteiger charge is 2.30. The summed E-state index contributed by atoms with van der Waals surface area (Å²) in [6.07, 6.45) is 0.116. The Labute approximate surface area is 171 Å². The van der Waals surface area contributed by atoms with Crippen LogP contribution in [0.15, 0.2) is 70.9 Å². The molecule has 2 aromatic carbocycles. The Morgan fingerprint density at radius 2 is 1.75 bits per heavy atom. The summed E-state index contributed by atoms with van der Waals surface area (Å²) >= 11 is 7.13. The number of hydrogen-bond acceptors (Lipinski definition) is 4. The zero-order chi connectivity index (χ0) is 20.1. The summed E-state index contributed by atoms with van der Waals surface area (Å²) in [5.41, 5.74) is 0.774. The zero-order valence-electron chi connectivity index (χ0n) is 14.6. The molecule has 0 saturated heterocycles. The first kappa shape index (κ1) is 20.5. The molecule has 4 nitrogen and oxygen atoms in total. The molecule has 0 aliphatic carbocycles. The highest BCUT2D eigenvalue weighted by molar-refractivity contribution is 7.91. The average Bonchev–Trinajstić information content (AvgIpc) is 3.18. The van der Waals surface area contributed by atoms with Crippen LogP contribution in [-0.4, -0.2) is 20.9 Å². The van der Waals surface area contributed by atoms with Crippen LogP contribution >= 0.6 is 22.9 Å². The summed E-state index contributed by atoms with van der Waals surface area (Å²) in [6, 6.07) is 15.0. The van der Waals surface area contributed by atoms with Gasteiger partial charge in [-0.3, -0.25) is 4.79 Å². The van der Waals surface area contributed by atoms with Crippen LogP contribution in [0, 0.1) is 5.82 Å². The van der Waals surface area contributed by atoms with Gasteiger partial charge in [0.1, 0.15) is 11.1 Å². The molecule has 28 heavy (non-hydrogen) atoms. The summed E-state index contributed by atoms with van der Waals surface area (Å²) in [6.45, 7) is -0.0767. The molecule has 0 spiro atoms. The average molecular weight is 438 g/mol. The Hall–Kier alpha value is -2.22. The SMILES string of the molecule is O=C(Cc1ccc(Cl)cc1)NC[C@H](c1cccs1)S(=O)(=O)c1ccc(F)cc1. The lowest BCUT2D eigenvalue weighted by Crippen LogP contribution is -2.32. The van der Waals surface area contributed by atoms with Gasteiger partial charge in [-0.2, -0.15) is 0 Å². The van der Waals surface area contributed by atoms with Crippen LogP contribution in [0.1, 0.15) is 15.7 Å². The van der Waals surface area contributed by atoms with E-state index in [0.29, 0.717) is 9.90 Å². The van der Waals surface area contributed by atoms with E-state index in [1.807, 2.05) is 0 Å². The van der Waals surface area contributed by atoms with Crippen LogP contribution < -0.4 is 5.32 Å². The summed E-state index contributed by atoms with van der Waals surface area (Å²) in [4.78, 5) is 12.9. The van der Waals surface area contributed by atoms with Crippen LogP contribution in [0.3, 0.4) is 0 Å². The smallest absolute Gasteiger partial charge is 0.224 e. The van der Waals surface area contributed by atoms with Gasteiger partial charge in [-0.25, -0.2) is 12.8 Å². The maximum atomic E-state index is 13.2. The summed E-state index contributed by atoms with van der Waals surface area (Å²) < 4.78 is 39.3. The van der Waals surface area contributed by atoms with E-state index in [1.165, 1.54) is 23.5 Å². The molecule has 1 amide bonds. The number of sulfone groups is 1. The third-order valence-corrected chi connectivity index (χ3v) is 7.63. The minimum atomic E-state index is -3.80. The molecular weight excluding hydrogens is 421 g/mol. The fraction of sp³-hybridized carbons (Fsp3) is 0.150. The number of carbonyl (C=O) groups is 1. The zero-order valence-corrected chi connectivity index (χ0v) is 17.0. The van der Waals surface area contributed by atoms with Gasteiger partial charge in [-0.15, -0.1) is 11.3 Å². The summed E-state index contributed by atoms with van der Waals surface area (Å²) in [5, 5.41) is 4.10. The molecule has 3 aromatic rings. The van der Waals surface area contributed by atoms with E-state index < -0.39 is 20.9 Å². The molecule has 0 bridgehead atoms. The molecule has 0 aliphatic rings. The van der Waals surface area contributed by atoms with Crippen molar-refractivity contribution in [3.05, 3.63) is 87.3 Å². The molecule has 0 unspecified atom stereocenters. The number of hydrogen-bond donors (Lipinski definition) is 1. The number of rotatable bonds is 7. The molecule has 1 N–H and O–H groups in total. The maximum absolute atomic E-state index is 13.2. The van der Waals surface area contributed by atoms with Crippen molar-refractivity contribution in [2.75, 3.05) is 6.54 Å². The quantitative estimate of drug-likeness (QED) is 0.557. The largest absolute Gasteiger partial charge is 0.354 e. The highest BCUT2D eigenvalue weighted by atomic mass is 35.5. The van der Waals surface area contributed by atoms with E-state index in [4.69, 9.17) is 11.6 Å². The van der Waals surface area contributed by atoms with Crippen molar-refractivity contribution in [2.45, 2.75) is 16.6 Å². The van der Waals surface area contributed by atoms with Crippen molar-refractivity contribution >= 4 is 38.7 Å². The molecule has 1 aromatic heterocycles. The minimum Gasteiger partial charge on any atom is -0.354 e. The molecule has 8 heteroatoms. The number of halogens is 2. The number of nitrogens with one attached hydrogen (secondary N) is 1. The first-order chi connectivity index (χ1) is 13.4. The highest BCUT2D eigenvalue weighted by Crippen LogP contribution is 2.31. The van der Waals surface area contributed by atoms with Crippen LogP contribution in [-0.2, 0) is 21.1 Å². The molecule has 1 heterocycles. The maximum Gasteiger partial charge on any atom is 0.224 e. The third kappa shape index (κ3) is 4.98. The molecule has 146 valence electrons. The summed E-state index contributed by atoms with van der Waals surface area (Å²) in [5.74, 6) is -0.805. The Morgan fingerprint density at radius 1 is 1.07 bits per heavy atom. The van der Waals surface area contributed by atoms with Crippen LogP contribution in [0.4, 0.5) is 4.39 Å². The van der Waals surface area contributed by atoms with Gasteiger partial charge in [-0.1, -0.05) is 29.8 Å². The lowest BCUT2D eigenvalue weighted by atomic mass is 10.1. The van der Waals surface area contributed by atoms with Crippen LogP contribution in [0.2, 0.25) is 5.02 Å². The minimum absolute atomic E-state index is 0.0132. The predicted octanol–water partition coefficient (Wildman–Crippen LogP) is 4.41. The van der Waals surface area contributed by atoms with Gasteiger partial charge in [-0.05, 0) is 53.4 Å². The Balaban J connectivity index is 1.76. The van der Waals surface area contributed by atoms with E-state index >= 15 is 0 Å². The number of thiophene rings is 1. The van der Waals surface area contributed by atoms with Crippen molar-refractivity contribution < 1.29 is 17.6 Å². The van der Waals surface area contributed by atoms with E-state index in [9.17, 15) is 17.6 Å². The Morgan fingerprint density at radius 3 is 2.36 bits per heavy atom. The Kier molecular flexibility index (Phi) is 6.49. The van der Waals surface area contributed by atoms with Gasteiger partial charge in [0.25, 0.3) is 0 Å². The van der Waals surface area contributed by atoms with Gasteiger partial charge in [0.2, 0.25) is 5.91 Å². The second kappa shape index (κ2) is 8.86. The first-order valence-electron chi connectivity index (χ1n) is 8.40. The van der Waals surface area contributed by atoms with Crippen LogP contribution in [0.5, 0.6) is 0 Å². The van der Waals surface area contributed by atoms with E-state index in [0.717, 1.165) is 17.7 Å². The van der Waals surface area contributed by atoms with Crippen molar-refractivity contribution in [1.29, 1.82) is 0 Å². The third-order valence-electron chi connectivity index (χ3n) is 4.14. The number of benzene rings is 2. The molecular formula is C20H17ClFNO3S2. The lowest BCUT2D eigenvalue weighted by molar-refractivity contribution is -0.120. The number of carbonyl (C=O) groups excluding carboxylic acids is 1. The van der Waals surface area contributed by atoms with Crippen LogP contribution in [0.25, 0.3) is 0 Å². The predicted molar refractivity (Wildman–Crippen MR) is 109 cm³/mol. The van der Waals surface area contributed by atoms with E-state index in [-0.39, 0.29) is 23.8 Å². The second-order valence-electron chi connectivity index (χ2n) is 6.11. The monoisotopic (exact) mass is 437 g/mol. The topological polar surface area (TPSA) is 63.2 Å². The molecule has 1 atom stereocenters. The standard InChI is InChI=1S/C20H17ClFNO3S2/c21-15-5-3-14(4-6-15)12-20(24)23-13-19(18-2-1-11-27-18)28(25,26)17-9-7-16(22)8-10-17/h1-11,19H,12-13H2,(H,23,24)/t19-/m1/s1. The summed E-state index contributed by atoms with van der Waals surface area (Å²) in [7, 11) is -3.80. The van der Waals surface area contributed by atoms with E-state index in [1.54, 1.807) is 41.8 Å². The van der Waals surface area contributed by atoms with Gasteiger partial charge in [0.15, 0.2) is 9.84 Å². The molecule has 0 radical (unpaired) electrons. The van der Waals surface area contributed by atoms with Crippen molar-refractivity contribution in [3.63, 3.8) is 0 Å². The van der Waals surface area contributed by atoms with Gasteiger partial charge >= 0.3 is 0 Å². The second-order valence-corrected chi connectivity index (χ2v) is 9.66. The van der Waals surface area contributed by atoms with Gasteiger partial charge in [0, 0.05) is 16.4 Å². The van der Waals surface area contributed by atoms with Gasteiger partial charge < -0.3 is 5.32 Å². The molecule has 0 saturated carbocycles. The normalized spacial score (nSPS) is 12.5. The molecule has 0 fully saturated rings. The van der Waals surface area contributed by atoms with Crippen molar-refractivity contribution in [3.8, 4) is 0 Å². The number of amides is 1. The molecule has 3 rings (SSSR count). The van der Waals surface area contributed by atoms with Crippen molar-refractivity contribution in [1.82, 2.24) is 5.32 Å². The fourth-order valence-electron chi connectivity index (χ4n) is 2.68. The molecule has 0 aliphatic heterocycles. The Bertz CT molecular complexity index is 1030.